The van der Waals surface area contributed by atoms with Crippen LogP contribution < -0.4 is 5.63 Å². The number of rotatable bonds is 0. The molecule has 1 aromatic heterocycles. The molecule has 1 aromatic rings. The van der Waals surface area contributed by atoms with Gasteiger partial charge in [-0.1, -0.05) is 13.8 Å². The fourth-order valence-electron chi connectivity index (χ4n) is 0.572. The van der Waals surface area contributed by atoms with Gasteiger partial charge in [0.1, 0.15) is 0 Å². The molecule has 0 atom stereocenters. The highest BCUT2D eigenvalue weighted by Gasteiger charge is 1.94. The SMILES string of the molecule is CC.Cc1ccoc(=O)c1C. The van der Waals surface area contributed by atoms with Crippen LogP contribution in [-0.4, -0.2) is 0 Å². The van der Waals surface area contributed by atoms with E-state index in [9.17, 15) is 4.79 Å². The van der Waals surface area contributed by atoms with Crippen LogP contribution in [0.25, 0.3) is 0 Å². The molecule has 62 valence electrons. The molecule has 0 saturated carbocycles. The van der Waals surface area contributed by atoms with E-state index in [0.29, 0.717) is 5.56 Å². The molecule has 2 heteroatoms. The minimum absolute atomic E-state index is 0.241. The number of aryl methyl sites for hydroxylation is 1. The van der Waals surface area contributed by atoms with Crippen molar-refractivity contribution in [2.24, 2.45) is 0 Å². The van der Waals surface area contributed by atoms with Gasteiger partial charge in [0.2, 0.25) is 0 Å². The Morgan fingerprint density at radius 1 is 1.27 bits per heavy atom. The molecule has 0 aliphatic carbocycles. The normalized spacial score (nSPS) is 8.36. The lowest BCUT2D eigenvalue weighted by Gasteiger charge is -1.91. The fourth-order valence-corrected chi connectivity index (χ4v) is 0.572. The van der Waals surface area contributed by atoms with Crippen molar-refractivity contribution < 1.29 is 4.42 Å². The van der Waals surface area contributed by atoms with Gasteiger partial charge < -0.3 is 4.42 Å². The van der Waals surface area contributed by atoms with Crippen LogP contribution in [-0.2, 0) is 0 Å². The summed E-state index contributed by atoms with van der Waals surface area (Å²) >= 11 is 0. The summed E-state index contributed by atoms with van der Waals surface area (Å²) in [4.78, 5) is 10.7. The van der Waals surface area contributed by atoms with Crippen LogP contribution in [0.2, 0.25) is 0 Å². The van der Waals surface area contributed by atoms with E-state index in [1.54, 1.807) is 13.0 Å². The summed E-state index contributed by atoms with van der Waals surface area (Å²) in [5.41, 5.74) is 1.43. The molecular formula is C9H14O2. The van der Waals surface area contributed by atoms with E-state index in [-0.39, 0.29) is 5.63 Å². The predicted octanol–water partition coefficient (Wildman–Crippen LogP) is 2.28. The molecule has 0 unspecified atom stereocenters. The first-order valence-corrected chi connectivity index (χ1v) is 3.77. The summed E-state index contributed by atoms with van der Waals surface area (Å²) in [6, 6.07) is 1.77. The third-order valence-corrected chi connectivity index (χ3v) is 1.39. The average Bonchev–Trinajstić information content (AvgIpc) is 2.04. The molecule has 0 saturated heterocycles. The van der Waals surface area contributed by atoms with Crippen LogP contribution in [0.5, 0.6) is 0 Å². The molecule has 0 N–H and O–H groups in total. The second-order valence-corrected chi connectivity index (χ2v) is 2.02. The molecule has 2 nitrogen and oxygen atoms in total. The van der Waals surface area contributed by atoms with Gasteiger partial charge >= 0.3 is 5.63 Å². The molecule has 1 rings (SSSR count). The van der Waals surface area contributed by atoms with Crippen LogP contribution in [0.4, 0.5) is 0 Å². The minimum Gasteiger partial charge on any atom is -0.431 e. The van der Waals surface area contributed by atoms with E-state index >= 15 is 0 Å². The lowest BCUT2D eigenvalue weighted by atomic mass is 10.2. The molecule has 11 heavy (non-hydrogen) atoms. The van der Waals surface area contributed by atoms with Crippen LogP contribution in [0.1, 0.15) is 25.0 Å². The highest BCUT2D eigenvalue weighted by atomic mass is 16.4. The van der Waals surface area contributed by atoms with Gasteiger partial charge in [0, 0.05) is 5.56 Å². The Bertz CT molecular complexity index is 261. The molecule has 1 heterocycles. The maximum Gasteiger partial charge on any atom is 0.338 e. The van der Waals surface area contributed by atoms with Crippen molar-refractivity contribution >= 4 is 0 Å². The Morgan fingerprint density at radius 3 is 2.18 bits per heavy atom. The molecule has 0 aromatic carbocycles. The van der Waals surface area contributed by atoms with Crippen molar-refractivity contribution in [2.45, 2.75) is 27.7 Å². The second-order valence-electron chi connectivity index (χ2n) is 2.02. The molecule has 0 aliphatic rings. The van der Waals surface area contributed by atoms with Crippen molar-refractivity contribution in [3.05, 3.63) is 33.9 Å². The minimum atomic E-state index is -0.241. The van der Waals surface area contributed by atoms with Crippen molar-refractivity contribution in [3.8, 4) is 0 Å². The molecule has 0 radical (unpaired) electrons. The van der Waals surface area contributed by atoms with E-state index in [2.05, 4.69) is 4.42 Å². The Kier molecular flexibility index (Phi) is 4.27. The predicted molar refractivity (Wildman–Crippen MR) is 45.8 cm³/mol. The third-order valence-electron chi connectivity index (χ3n) is 1.39. The smallest absolute Gasteiger partial charge is 0.338 e. The van der Waals surface area contributed by atoms with Crippen LogP contribution >= 0.6 is 0 Å². The summed E-state index contributed by atoms with van der Waals surface area (Å²) in [6.45, 7) is 7.63. The van der Waals surface area contributed by atoms with E-state index in [1.807, 2.05) is 20.8 Å². The van der Waals surface area contributed by atoms with Gasteiger partial charge in [0.05, 0.1) is 6.26 Å². The van der Waals surface area contributed by atoms with Crippen molar-refractivity contribution in [1.29, 1.82) is 0 Å². The number of hydrogen-bond donors (Lipinski definition) is 0. The van der Waals surface area contributed by atoms with Gasteiger partial charge in [0.25, 0.3) is 0 Å². The largest absolute Gasteiger partial charge is 0.431 e. The molecule has 0 amide bonds. The van der Waals surface area contributed by atoms with Gasteiger partial charge in [-0.05, 0) is 25.5 Å². The molecule has 0 aliphatic heterocycles. The summed E-state index contributed by atoms with van der Waals surface area (Å²) < 4.78 is 4.58. The highest BCUT2D eigenvalue weighted by Crippen LogP contribution is 1.97. The first-order chi connectivity index (χ1) is 5.22. The topological polar surface area (TPSA) is 30.2 Å². The zero-order valence-electron chi connectivity index (χ0n) is 7.47. The molecule has 0 fully saturated rings. The van der Waals surface area contributed by atoms with Gasteiger partial charge in [0.15, 0.2) is 0 Å². The van der Waals surface area contributed by atoms with E-state index in [4.69, 9.17) is 0 Å². The Labute approximate surface area is 66.9 Å². The van der Waals surface area contributed by atoms with Gasteiger partial charge in [-0.2, -0.15) is 0 Å². The van der Waals surface area contributed by atoms with Gasteiger partial charge in [-0.3, -0.25) is 0 Å². The lowest BCUT2D eigenvalue weighted by Crippen LogP contribution is -2.03. The summed E-state index contributed by atoms with van der Waals surface area (Å²) in [5.74, 6) is 0. The second kappa shape index (κ2) is 4.72. The zero-order valence-corrected chi connectivity index (χ0v) is 7.47. The quantitative estimate of drug-likeness (QED) is 0.574. The van der Waals surface area contributed by atoms with Crippen molar-refractivity contribution in [2.75, 3.05) is 0 Å². The standard InChI is InChI=1S/C7H8O2.C2H6/c1-5-3-4-9-7(8)6(5)2;1-2/h3-4H,1-2H3;1-2H3. The van der Waals surface area contributed by atoms with E-state index in [0.717, 1.165) is 5.56 Å². The lowest BCUT2D eigenvalue weighted by molar-refractivity contribution is 0.503. The highest BCUT2D eigenvalue weighted by molar-refractivity contribution is 5.17. The summed E-state index contributed by atoms with van der Waals surface area (Å²) in [6.07, 6.45) is 1.41. The Morgan fingerprint density at radius 2 is 1.82 bits per heavy atom. The fraction of sp³-hybridized carbons (Fsp3) is 0.444. The Balaban J connectivity index is 0.000000461. The summed E-state index contributed by atoms with van der Waals surface area (Å²) in [5, 5.41) is 0. The van der Waals surface area contributed by atoms with Gasteiger partial charge in [-0.15, -0.1) is 0 Å². The van der Waals surface area contributed by atoms with E-state index < -0.39 is 0 Å². The maximum absolute atomic E-state index is 10.7. The Hall–Kier alpha value is -1.05. The third kappa shape index (κ3) is 2.58. The average molecular weight is 154 g/mol. The van der Waals surface area contributed by atoms with Crippen molar-refractivity contribution in [1.82, 2.24) is 0 Å². The van der Waals surface area contributed by atoms with Crippen LogP contribution in [0, 0.1) is 13.8 Å². The van der Waals surface area contributed by atoms with Gasteiger partial charge in [-0.25, -0.2) is 4.79 Å². The van der Waals surface area contributed by atoms with Crippen LogP contribution in [0.3, 0.4) is 0 Å². The number of hydrogen-bond acceptors (Lipinski definition) is 2. The first kappa shape index (κ1) is 9.95. The molecule has 0 spiro atoms. The van der Waals surface area contributed by atoms with E-state index in [1.165, 1.54) is 6.26 Å². The summed E-state index contributed by atoms with van der Waals surface area (Å²) in [7, 11) is 0. The first-order valence-electron chi connectivity index (χ1n) is 3.77. The monoisotopic (exact) mass is 154 g/mol. The zero-order chi connectivity index (χ0) is 8.85. The molecular weight excluding hydrogens is 140 g/mol. The maximum atomic E-state index is 10.7. The van der Waals surface area contributed by atoms with Crippen molar-refractivity contribution in [3.63, 3.8) is 0 Å². The van der Waals surface area contributed by atoms with Crippen LogP contribution in [0.15, 0.2) is 21.5 Å². The molecule has 0 bridgehead atoms.